The molecule has 0 aliphatic carbocycles. The van der Waals surface area contributed by atoms with Crippen molar-refractivity contribution in [1.82, 2.24) is 10.0 Å². The number of carboxylic acid groups (broad SMARTS) is 1. The molecule has 0 saturated carbocycles. The topological polar surface area (TPSA) is 79.3 Å². The fourth-order valence-corrected chi connectivity index (χ4v) is 3.87. The van der Waals surface area contributed by atoms with Crippen LogP contribution < -0.4 is 4.74 Å². The molecule has 0 spiro atoms. The molecule has 0 aromatic heterocycles. The van der Waals surface area contributed by atoms with Gasteiger partial charge in [-0.2, -0.15) is 0 Å². The molecule has 1 aromatic carbocycles. The maximum atomic E-state index is 12.7. The fraction of sp³-hybridized carbons (Fsp3) is 0.353. The molecule has 2 aliphatic heterocycles. The van der Waals surface area contributed by atoms with Crippen molar-refractivity contribution < 1.29 is 24.2 Å². The van der Waals surface area contributed by atoms with E-state index in [-0.39, 0.29) is 18.9 Å². The number of carbonyl (C=O) groups excluding carboxylic acids is 1. The van der Waals surface area contributed by atoms with Crippen molar-refractivity contribution in [3.63, 3.8) is 0 Å². The van der Waals surface area contributed by atoms with Gasteiger partial charge in [-0.3, -0.25) is 9.59 Å². The molecule has 138 valence electrons. The Morgan fingerprint density at radius 3 is 2.88 bits per heavy atom. The summed E-state index contributed by atoms with van der Waals surface area (Å²) in [5.41, 5.74) is 0.792. The molecule has 9 heteroatoms. The quantitative estimate of drug-likeness (QED) is 0.580. The monoisotopic (exact) mass is 394 g/mol. The molecule has 1 amide bonds. The summed E-state index contributed by atoms with van der Waals surface area (Å²) in [5.74, 6) is -0.490. The van der Waals surface area contributed by atoms with Gasteiger partial charge in [-0.05, 0) is 23.8 Å². The highest BCUT2D eigenvalue weighted by Crippen LogP contribution is 2.34. The van der Waals surface area contributed by atoms with E-state index in [1.807, 2.05) is 11.1 Å². The lowest BCUT2D eigenvalue weighted by atomic mass is 10.2. The number of thiocarbonyl (C=S) groups is 1. The number of ether oxygens (including phenoxy) is 2. The van der Waals surface area contributed by atoms with Crippen LogP contribution in [0.25, 0.3) is 6.08 Å². The van der Waals surface area contributed by atoms with E-state index >= 15 is 0 Å². The summed E-state index contributed by atoms with van der Waals surface area (Å²) in [5, 5.41) is 12.1. The molecule has 3 rings (SSSR count). The van der Waals surface area contributed by atoms with Crippen LogP contribution in [0.15, 0.2) is 29.2 Å². The highest BCUT2D eigenvalue weighted by Gasteiger charge is 2.36. The van der Waals surface area contributed by atoms with E-state index in [4.69, 9.17) is 26.8 Å². The lowest BCUT2D eigenvalue weighted by molar-refractivity contribution is -0.138. The van der Waals surface area contributed by atoms with Crippen LogP contribution in [0.2, 0.25) is 0 Å². The molecule has 0 atom stereocenters. The SMILES string of the molecule is O=C(O)CCOc1cccc(/C=C2/SC(=S)N(N3CCOCC3)C2=O)c1. The van der Waals surface area contributed by atoms with Gasteiger partial charge < -0.3 is 14.6 Å². The number of amides is 1. The number of carbonyl (C=O) groups is 2. The van der Waals surface area contributed by atoms with Crippen LogP contribution in [0.1, 0.15) is 12.0 Å². The third kappa shape index (κ3) is 4.61. The summed E-state index contributed by atoms with van der Waals surface area (Å²) in [7, 11) is 0. The molecule has 2 fully saturated rings. The summed E-state index contributed by atoms with van der Waals surface area (Å²) in [6, 6.07) is 7.16. The maximum absolute atomic E-state index is 12.7. The summed E-state index contributed by atoms with van der Waals surface area (Å²) in [4.78, 5) is 23.8. The number of carboxylic acids is 1. The number of aliphatic carboxylic acids is 1. The van der Waals surface area contributed by atoms with Gasteiger partial charge in [0.2, 0.25) is 0 Å². The molecule has 1 aromatic rings. The number of benzene rings is 1. The number of hydrazine groups is 1. The van der Waals surface area contributed by atoms with Gasteiger partial charge in [0.25, 0.3) is 5.91 Å². The van der Waals surface area contributed by atoms with Crippen LogP contribution in [-0.2, 0) is 14.3 Å². The van der Waals surface area contributed by atoms with Gasteiger partial charge in [0.05, 0.1) is 31.1 Å². The van der Waals surface area contributed by atoms with Crippen molar-refractivity contribution in [3.05, 3.63) is 34.7 Å². The minimum atomic E-state index is -0.909. The van der Waals surface area contributed by atoms with Crippen molar-refractivity contribution in [2.24, 2.45) is 0 Å². The molecular weight excluding hydrogens is 376 g/mol. The van der Waals surface area contributed by atoms with Crippen LogP contribution >= 0.6 is 24.0 Å². The molecule has 1 N–H and O–H groups in total. The number of hydrogen-bond acceptors (Lipinski definition) is 7. The van der Waals surface area contributed by atoms with E-state index in [0.717, 1.165) is 5.56 Å². The zero-order valence-corrected chi connectivity index (χ0v) is 15.6. The minimum Gasteiger partial charge on any atom is -0.493 e. The average molecular weight is 394 g/mol. The van der Waals surface area contributed by atoms with Crippen molar-refractivity contribution in [1.29, 1.82) is 0 Å². The number of thioether (sulfide) groups is 1. The van der Waals surface area contributed by atoms with E-state index in [9.17, 15) is 9.59 Å². The fourth-order valence-electron chi connectivity index (χ4n) is 2.56. The lowest BCUT2D eigenvalue weighted by Gasteiger charge is -2.33. The van der Waals surface area contributed by atoms with Gasteiger partial charge in [-0.15, -0.1) is 0 Å². The maximum Gasteiger partial charge on any atom is 0.306 e. The van der Waals surface area contributed by atoms with Gasteiger partial charge >= 0.3 is 5.97 Å². The Morgan fingerprint density at radius 2 is 2.15 bits per heavy atom. The van der Waals surface area contributed by atoms with Crippen molar-refractivity contribution in [3.8, 4) is 5.75 Å². The number of morpholine rings is 1. The van der Waals surface area contributed by atoms with Crippen LogP contribution in [0, 0.1) is 0 Å². The molecule has 0 radical (unpaired) electrons. The predicted molar refractivity (Wildman–Crippen MR) is 102 cm³/mol. The van der Waals surface area contributed by atoms with Gasteiger partial charge in [-0.1, -0.05) is 36.1 Å². The first kappa shape index (κ1) is 18.8. The van der Waals surface area contributed by atoms with Crippen molar-refractivity contribution >= 4 is 46.3 Å². The Kier molecular flexibility index (Phi) is 6.25. The van der Waals surface area contributed by atoms with E-state index < -0.39 is 5.97 Å². The zero-order chi connectivity index (χ0) is 18.5. The van der Waals surface area contributed by atoms with E-state index in [1.54, 1.807) is 29.3 Å². The molecule has 2 heterocycles. The minimum absolute atomic E-state index is 0.0670. The summed E-state index contributed by atoms with van der Waals surface area (Å²) in [6.45, 7) is 2.51. The summed E-state index contributed by atoms with van der Waals surface area (Å²) >= 11 is 6.63. The van der Waals surface area contributed by atoms with Gasteiger partial charge in [0.15, 0.2) is 4.32 Å². The summed E-state index contributed by atoms with van der Waals surface area (Å²) < 4.78 is 11.3. The van der Waals surface area contributed by atoms with Crippen LogP contribution in [0.3, 0.4) is 0 Å². The number of rotatable bonds is 6. The van der Waals surface area contributed by atoms with Gasteiger partial charge in [-0.25, -0.2) is 10.0 Å². The second-order valence-electron chi connectivity index (χ2n) is 5.62. The predicted octanol–water partition coefficient (Wildman–Crippen LogP) is 1.99. The third-order valence-corrected chi connectivity index (χ3v) is 5.07. The van der Waals surface area contributed by atoms with Gasteiger partial charge in [0.1, 0.15) is 5.75 Å². The first-order valence-electron chi connectivity index (χ1n) is 8.10. The number of hydrogen-bond donors (Lipinski definition) is 1. The van der Waals surface area contributed by atoms with E-state index in [0.29, 0.717) is 41.3 Å². The van der Waals surface area contributed by atoms with E-state index in [2.05, 4.69) is 0 Å². The Balaban J connectivity index is 1.70. The Morgan fingerprint density at radius 1 is 1.38 bits per heavy atom. The molecule has 2 aliphatic rings. The second-order valence-corrected chi connectivity index (χ2v) is 7.30. The van der Waals surface area contributed by atoms with E-state index in [1.165, 1.54) is 11.8 Å². The Labute approximate surface area is 160 Å². The standard InChI is InChI=1S/C17H18N2O5S2/c20-15(21)4-7-24-13-3-1-2-12(10-13)11-14-16(22)19(17(25)26-14)18-5-8-23-9-6-18/h1-3,10-11H,4-9H2,(H,20,21)/b14-11+. The summed E-state index contributed by atoms with van der Waals surface area (Å²) in [6.07, 6.45) is 1.70. The van der Waals surface area contributed by atoms with Crippen LogP contribution in [-0.4, -0.2) is 64.2 Å². The van der Waals surface area contributed by atoms with Crippen molar-refractivity contribution in [2.45, 2.75) is 6.42 Å². The largest absolute Gasteiger partial charge is 0.493 e. The number of nitrogens with zero attached hydrogens (tertiary/aromatic N) is 2. The van der Waals surface area contributed by atoms with Crippen LogP contribution in [0.5, 0.6) is 5.75 Å². The van der Waals surface area contributed by atoms with Crippen molar-refractivity contribution in [2.75, 3.05) is 32.9 Å². The molecule has 0 unspecified atom stereocenters. The molecular formula is C17H18N2O5S2. The first-order chi connectivity index (χ1) is 12.5. The second kappa shape index (κ2) is 8.63. The molecule has 2 saturated heterocycles. The normalized spacial score (nSPS) is 20.0. The van der Waals surface area contributed by atoms with Crippen LogP contribution in [0.4, 0.5) is 0 Å². The third-order valence-electron chi connectivity index (χ3n) is 3.78. The Hall–Kier alpha value is -1.94. The highest BCUT2D eigenvalue weighted by molar-refractivity contribution is 8.26. The first-order valence-corrected chi connectivity index (χ1v) is 9.32. The molecule has 26 heavy (non-hydrogen) atoms. The molecule has 0 bridgehead atoms. The zero-order valence-electron chi connectivity index (χ0n) is 13.9. The van der Waals surface area contributed by atoms with Gasteiger partial charge in [0, 0.05) is 13.1 Å². The highest BCUT2D eigenvalue weighted by atomic mass is 32.2. The molecule has 7 nitrogen and oxygen atoms in total. The average Bonchev–Trinajstić information content (AvgIpc) is 2.89. The Bertz CT molecular complexity index is 746. The smallest absolute Gasteiger partial charge is 0.306 e. The lowest BCUT2D eigenvalue weighted by Crippen LogP contribution is -2.50.